The van der Waals surface area contributed by atoms with Gasteiger partial charge in [-0.2, -0.15) is 0 Å². The molecule has 0 bridgehead atoms. The van der Waals surface area contributed by atoms with Gasteiger partial charge in [-0.05, 0) is 55.3 Å². The van der Waals surface area contributed by atoms with Crippen molar-refractivity contribution in [1.29, 1.82) is 0 Å². The summed E-state index contributed by atoms with van der Waals surface area (Å²) < 4.78 is 11.2. The van der Waals surface area contributed by atoms with Crippen LogP contribution in [0.15, 0.2) is 23.8 Å². The molecule has 4 rings (SSSR count). The number of hydrogen-bond donors (Lipinski definition) is 1. The summed E-state index contributed by atoms with van der Waals surface area (Å²) in [7, 11) is 1.70. The highest BCUT2D eigenvalue weighted by molar-refractivity contribution is 5.64. The van der Waals surface area contributed by atoms with Crippen molar-refractivity contribution in [1.82, 2.24) is 10.2 Å². The average Bonchev–Trinajstić information content (AvgIpc) is 3.11. The Hall–Kier alpha value is -1.52. The van der Waals surface area contributed by atoms with Crippen LogP contribution in [-0.2, 0) is 0 Å². The van der Waals surface area contributed by atoms with Crippen LogP contribution in [0.5, 0.6) is 11.5 Å². The number of ether oxygens (including phenoxy) is 2. The molecule has 2 saturated heterocycles. The van der Waals surface area contributed by atoms with E-state index in [0.717, 1.165) is 42.1 Å². The summed E-state index contributed by atoms with van der Waals surface area (Å²) in [6, 6.07) is 6.72. The Morgan fingerprint density at radius 2 is 2.33 bits per heavy atom. The molecule has 1 aromatic carbocycles. The van der Waals surface area contributed by atoms with Gasteiger partial charge in [-0.15, -0.1) is 0 Å². The van der Waals surface area contributed by atoms with Gasteiger partial charge < -0.3 is 14.8 Å². The third kappa shape index (κ3) is 2.43. The van der Waals surface area contributed by atoms with Crippen LogP contribution in [0.4, 0.5) is 0 Å². The van der Waals surface area contributed by atoms with Crippen molar-refractivity contribution in [2.75, 3.05) is 39.9 Å². The predicted molar refractivity (Wildman–Crippen MR) is 82.8 cm³/mol. The molecule has 0 saturated carbocycles. The molecule has 2 unspecified atom stereocenters. The number of methoxy groups -OCH3 is 1. The molecule has 4 nitrogen and oxygen atoms in total. The van der Waals surface area contributed by atoms with E-state index in [2.05, 4.69) is 22.4 Å². The fraction of sp³-hybridized carbons (Fsp3) is 0.529. The molecule has 2 fully saturated rings. The molecule has 0 spiro atoms. The van der Waals surface area contributed by atoms with Gasteiger partial charge in [-0.25, -0.2) is 0 Å². The summed E-state index contributed by atoms with van der Waals surface area (Å²) in [6.07, 6.45) is 3.60. The van der Waals surface area contributed by atoms with Crippen LogP contribution >= 0.6 is 0 Å². The molecular weight excluding hydrogens is 264 g/mol. The minimum absolute atomic E-state index is 0.709. The number of nitrogens with zero attached hydrogens (tertiary/aromatic N) is 1. The first-order valence-corrected chi connectivity index (χ1v) is 7.78. The Morgan fingerprint density at radius 1 is 1.38 bits per heavy atom. The third-order valence-corrected chi connectivity index (χ3v) is 4.96. The van der Waals surface area contributed by atoms with Gasteiger partial charge in [0.15, 0.2) is 0 Å². The van der Waals surface area contributed by atoms with Gasteiger partial charge in [0.1, 0.15) is 18.1 Å². The van der Waals surface area contributed by atoms with Crippen molar-refractivity contribution < 1.29 is 9.47 Å². The average molecular weight is 286 g/mol. The van der Waals surface area contributed by atoms with Gasteiger partial charge in [0.2, 0.25) is 0 Å². The second-order valence-corrected chi connectivity index (χ2v) is 6.24. The van der Waals surface area contributed by atoms with Gasteiger partial charge in [0, 0.05) is 24.7 Å². The smallest absolute Gasteiger partial charge is 0.127 e. The molecule has 3 aliphatic heterocycles. The summed E-state index contributed by atoms with van der Waals surface area (Å²) in [4.78, 5) is 2.62. The van der Waals surface area contributed by atoms with Crippen molar-refractivity contribution >= 4 is 6.08 Å². The van der Waals surface area contributed by atoms with E-state index < -0.39 is 0 Å². The van der Waals surface area contributed by atoms with Crippen molar-refractivity contribution in [3.05, 3.63) is 29.3 Å². The predicted octanol–water partition coefficient (Wildman–Crippen LogP) is 1.76. The number of hydrogen-bond acceptors (Lipinski definition) is 4. The highest BCUT2D eigenvalue weighted by atomic mass is 16.5. The van der Waals surface area contributed by atoms with Crippen LogP contribution < -0.4 is 14.8 Å². The van der Waals surface area contributed by atoms with Crippen LogP contribution in [0.1, 0.15) is 12.0 Å². The molecule has 2 atom stereocenters. The van der Waals surface area contributed by atoms with E-state index >= 15 is 0 Å². The second-order valence-electron chi connectivity index (χ2n) is 6.24. The van der Waals surface area contributed by atoms with Gasteiger partial charge in [0.25, 0.3) is 0 Å². The zero-order valence-electron chi connectivity index (χ0n) is 12.5. The lowest BCUT2D eigenvalue weighted by Gasteiger charge is -2.26. The van der Waals surface area contributed by atoms with E-state index in [0.29, 0.717) is 6.61 Å². The minimum atomic E-state index is 0.709. The van der Waals surface area contributed by atoms with E-state index in [9.17, 15) is 0 Å². The molecule has 3 aliphatic rings. The van der Waals surface area contributed by atoms with Crippen molar-refractivity contribution in [2.45, 2.75) is 12.5 Å². The molecule has 3 heterocycles. The van der Waals surface area contributed by atoms with Gasteiger partial charge >= 0.3 is 0 Å². The SMILES string of the molecule is COc1ccc2c(c1)C=C(CN1CCC3CNCC31)CO2. The van der Waals surface area contributed by atoms with Crippen LogP contribution in [0.25, 0.3) is 6.08 Å². The molecule has 112 valence electrons. The molecule has 0 radical (unpaired) electrons. The maximum Gasteiger partial charge on any atom is 0.127 e. The van der Waals surface area contributed by atoms with Crippen LogP contribution in [0.3, 0.4) is 0 Å². The Labute approximate surface area is 125 Å². The maximum absolute atomic E-state index is 5.89. The molecule has 1 aromatic rings. The van der Waals surface area contributed by atoms with E-state index in [4.69, 9.17) is 9.47 Å². The molecule has 0 aromatic heterocycles. The van der Waals surface area contributed by atoms with Crippen LogP contribution in [0.2, 0.25) is 0 Å². The fourth-order valence-electron chi connectivity index (χ4n) is 3.82. The van der Waals surface area contributed by atoms with E-state index in [1.165, 1.54) is 25.1 Å². The number of fused-ring (bicyclic) bond motifs is 2. The van der Waals surface area contributed by atoms with E-state index in [1.54, 1.807) is 7.11 Å². The van der Waals surface area contributed by atoms with Gasteiger partial charge in [-0.1, -0.05) is 0 Å². The third-order valence-electron chi connectivity index (χ3n) is 4.96. The lowest BCUT2D eigenvalue weighted by atomic mass is 10.0. The zero-order valence-corrected chi connectivity index (χ0v) is 12.5. The fourth-order valence-corrected chi connectivity index (χ4v) is 3.82. The number of benzene rings is 1. The Kier molecular flexibility index (Phi) is 3.36. The Morgan fingerprint density at radius 3 is 3.24 bits per heavy atom. The maximum atomic E-state index is 5.89. The zero-order chi connectivity index (χ0) is 14.2. The highest BCUT2D eigenvalue weighted by Crippen LogP contribution is 2.32. The molecular formula is C17H22N2O2. The van der Waals surface area contributed by atoms with Gasteiger partial charge in [-0.3, -0.25) is 4.90 Å². The molecule has 4 heteroatoms. The summed E-state index contributed by atoms with van der Waals surface area (Å²) in [5.74, 6) is 2.69. The van der Waals surface area contributed by atoms with Crippen molar-refractivity contribution in [3.63, 3.8) is 0 Å². The highest BCUT2D eigenvalue weighted by Gasteiger charge is 2.37. The first-order chi connectivity index (χ1) is 10.3. The van der Waals surface area contributed by atoms with Crippen molar-refractivity contribution in [3.8, 4) is 11.5 Å². The number of nitrogens with one attached hydrogen (secondary N) is 1. The Bertz CT molecular complexity index is 570. The number of likely N-dealkylation sites (tertiary alicyclic amines) is 1. The molecule has 0 aliphatic carbocycles. The normalized spacial score (nSPS) is 27.8. The van der Waals surface area contributed by atoms with Crippen molar-refractivity contribution in [2.24, 2.45) is 5.92 Å². The summed E-state index contributed by atoms with van der Waals surface area (Å²) >= 11 is 0. The number of rotatable bonds is 3. The largest absolute Gasteiger partial charge is 0.497 e. The van der Waals surface area contributed by atoms with E-state index in [1.807, 2.05) is 12.1 Å². The van der Waals surface area contributed by atoms with Crippen LogP contribution in [-0.4, -0.2) is 50.8 Å². The van der Waals surface area contributed by atoms with E-state index in [-0.39, 0.29) is 0 Å². The quantitative estimate of drug-likeness (QED) is 0.918. The monoisotopic (exact) mass is 286 g/mol. The second kappa shape index (κ2) is 5.35. The lowest BCUT2D eigenvalue weighted by molar-refractivity contribution is 0.255. The molecule has 1 N–H and O–H groups in total. The lowest BCUT2D eigenvalue weighted by Crippen LogP contribution is -2.36. The molecule has 21 heavy (non-hydrogen) atoms. The summed E-state index contributed by atoms with van der Waals surface area (Å²) in [5, 5.41) is 3.51. The first-order valence-electron chi connectivity index (χ1n) is 7.78. The first kappa shape index (κ1) is 13.2. The standard InChI is InChI=1S/C17H22N2O2/c1-20-15-2-3-17-14(7-15)6-12(11-21-17)10-19-5-4-13-8-18-9-16(13)19/h2-3,6-7,13,16,18H,4-5,8-11H2,1H3. The van der Waals surface area contributed by atoms with Crippen LogP contribution in [0, 0.1) is 5.92 Å². The molecule has 0 amide bonds. The summed E-state index contributed by atoms with van der Waals surface area (Å²) in [6.45, 7) is 5.29. The summed E-state index contributed by atoms with van der Waals surface area (Å²) in [5.41, 5.74) is 2.50. The van der Waals surface area contributed by atoms with Gasteiger partial charge in [0.05, 0.1) is 7.11 Å². The topological polar surface area (TPSA) is 33.7 Å². The Balaban J connectivity index is 1.52. The minimum Gasteiger partial charge on any atom is -0.497 e.